The number of hydrogen-bond donors (Lipinski definition) is 1. The van der Waals surface area contributed by atoms with Crippen LogP contribution in [0.4, 0.5) is 0 Å². The van der Waals surface area contributed by atoms with Crippen molar-refractivity contribution in [3.8, 4) is 5.75 Å². The first-order valence-corrected chi connectivity index (χ1v) is 5.33. The molecule has 2 heteroatoms. The van der Waals surface area contributed by atoms with Crippen molar-refractivity contribution in [2.24, 2.45) is 5.73 Å². The van der Waals surface area contributed by atoms with E-state index in [4.69, 9.17) is 10.5 Å². The number of nitrogens with two attached hydrogens (primary N) is 1. The Morgan fingerprint density at radius 2 is 2.36 bits per heavy atom. The highest BCUT2D eigenvalue weighted by atomic mass is 16.5. The van der Waals surface area contributed by atoms with E-state index >= 15 is 0 Å². The molecule has 2 nitrogen and oxygen atoms in total. The Balaban J connectivity index is 2.46. The number of para-hydroxylation sites is 1. The lowest BCUT2D eigenvalue weighted by Gasteiger charge is -2.14. The fraction of sp³-hybridized carbons (Fsp3) is 0.500. The lowest BCUT2D eigenvalue weighted by molar-refractivity contribution is 0.313. The Hall–Kier alpha value is -1.02. The van der Waals surface area contributed by atoms with Gasteiger partial charge >= 0.3 is 0 Å². The maximum absolute atomic E-state index is 6.09. The van der Waals surface area contributed by atoms with Crippen LogP contribution in [0.5, 0.6) is 5.75 Å². The summed E-state index contributed by atoms with van der Waals surface area (Å²) in [4.78, 5) is 0. The Morgan fingerprint density at radius 3 is 3.14 bits per heavy atom. The summed E-state index contributed by atoms with van der Waals surface area (Å²) in [6.45, 7) is 2.95. The summed E-state index contributed by atoms with van der Waals surface area (Å²) in [5.41, 5.74) is 8.55. The molecule has 0 saturated heterocycles. The minimum atomic E-state index is 0.152. The predicted molar refractivity (Wildman–Crippen MR) is 57.5 cm³/mol. The maximum Gasteiger partial charge on any atom is 0.127 e. The summed E-state index contributed by atoms with van der Waals surface area (Å²) >= 11 is 0. The normalized spacial score (nSPS) is 20.9. The molecule has 1 aromatic rings. The number of hydrogen-bond acceptors (Lipinski definition) is 2. The second kappa shape index (κ2) is 4.01. The fourth-order valence-corrected chi connectivity index (χ4v) is 1.98. The van der Waals surface area contributed by atoms with Crippen LogP contribution in [0.1, 0.15) is 36.9 Å². The van der Waals surface area contributed by atoms with E-state index in [2.05, 4.69) is 25.1 Å². The molecule has 0 radical (unpaired) electrons. The molecule has 2 N–H and O–H groups in total. The summed E-state index contributed by atoms with van der Waals surface area (Å²) in [5, 5.41) is 0. The zero-order valence-corrected chi connectivity index (χ0v) is 8.62. The number of rotatable bonds is 1. The third-order valence-electron chi connectivity index (χ3n) is 2.81. The molecule has 0 aliphatic carbocycles. The molecule has 1 aromatic carbocycles. The maximum atomic E-state index is 6.09. The van der Waals surface area contributed by atoms with E-state index in [-0.39, 0.29) is 6.04 Å². The molecule has 1 aliphatic rings. The van der Waals surface area contributed by atoms with Crippen molar-refractivity contribution in [2.45, 2.75) is 32.2 Å². The van der Waals surface area contributed by atoms with Crippen LogP contribution in [0.15, 0.2) is 18.2 Å². The third-order valence-corrected chi connectivity index (χ3v) is 2.81. The van der Waals surface area contributed by atoms with Gasteiger partial charge in [0.05, 0.1) is 6.61 Å². The van der Waals surface area contributed by atoms with Gasteiger partial charge in [-0.3, -0.25) is 0 Å². The Bertz CT molecular complexity index is 322. The molecule has 0 saturated carbocycles. The number of fused-ring (bicyclic) bond motifs is 1. The molecule has 0 fully saturated rings. The van der Waals surface area contributed by atoms with E-state index in [9.17, 15) is 0 Å². The Labute approximate surface area is 85.1 Å². The van der Waals surface area contributed by atoms with Crippen LogP contribution in [-0.4, -0.2) is 6.61 Å². The molecule has 2 rings (SSSR count). The van der Waals surface area contributed by atoms with Crippen molar-refractivity contribution in [3.05, 3.63) is 29.3 Å². The predicted octanol–water partition coefficient (Wildman–Crippen LogP) is 2.42. The quantitative estimate of drug-likeness (QED) is 0.740. The molecule has 1 aliphatic heterocycles. The van der Waals surface area contributed by atoms with Gasteiger partial charge in [-0.1, -0.05) is 25.1 Å². The largest absolute Gasteiger partial charge is 0.493 e. The van der Waals surface area contributed by atoms with E-state index < -0.39 is 0 Å². The van der Waals surface area contributed by atoms with Crippen molar-refractivity contribution in [1.29, 1.82) is 0 Å². The smallest absolute Gasteiger partial charge is 0.127 e. The van der Waals surface area contributed by atoms with Gasteiger partial charge in [-0.25, -0.2) is 0 Å². The van der Waals surface area contributed by atoms with Gasteiger partial charge < -0.3 is 10.5 Å². The van der Waals surface area contributed by atoms with Crippen LogP contribution in [0, 0.1) is 0 Å². The summed E-state index contributed by atoms with van der Waals surface area (Å²) in [7, 11) is 0. The van der Waals surface area contributed by atoms with E-state index in [0.29, 0.717) is 0 Å². The summed E-state index contributed by atoms with van der Waals surface area (Å²) in [5.74, 6) is 1.04. The summed E-state index contributed by atoms with van der Waals surface area (Å²) in [6.07, 6.45) is 3.09. The molecule has 0 unspecified atom stereocenters. The van der Waals surface area contributed by atoms with Gasteiger partial charge in [0, 0.05) is 11.6 Å². The number of ether oxygens (including phenoxy) is 1. The lowest BCUT2D eigenvalue weighted by atomic mass is 9.99. The number of aryl methyl sites for hydroxylation is 1. The first kappa shape index (κ1) is 9.53. The molecule has 1 heterocycles. The van der Waals surface area contributed by atoms with Gasteiger partial charge in [0.15, 0.2) is 0 Å². The lowest BCUT2D eigenvalue weighted by Crippen LogP contribution is -2.09. The van der Waals surface area contributed by atoms with Crippen molar-refractivity contribution in [2.75, 3.05) is 6.61 Å². The van der Waals surface area contributed by atoms with Crippen molar-refractivity contribution < 1.29 is 4.74 Å². The standard InChI is InChI=1S/C12H17NO/c1-2-9-5-3-6-10-11(13)7-4-8-14-12(9)10/h3,5-6,11H,2,4,7-8,13H2,1H3/t11-/m1/s1. The molecule has 0 amide bonds. The molecule has 1 atom stereocenters. The van der Waals surface area contributed by atoms with Crippen LogP contribution in [0.3, 0.4) is 0 Å². The summed E-state index contributed by atoms with van der Waals surface area (Å²) in [6, 6.07) is 6.44. The molecular formula is C12H17NO. The highest BCUT2D eigenvalue weighted by molar-refractivity contribution is 5.43. The Kier molecular flexibility index (Phi) is 2.73. The minimum absolute atomic E-state index is 0.152. The van der Waals surface area contributed by atoms with Crippen LogP contribution < -0.4 is 10.5 Å². The van der Waals surface area contributed by atoms with E-state index in [1.807, 2.05) is 0 Å². The van der Waals surface area contributed by atoms with Gasteiger partial charge in [-0.2, -0.15) is 0 Å². The second-order valence-electron chi connectivity index (χ2n) is 3.79. The van der Waals surface area contributed by atoms with Gasteiger partial charge in [0.2, 0.25) is 0 Å². The average Bonchev–Trinajstić information content (AvgIpc) is 2.41. The molecule has 14 heavy (non-hydrogen) atoms. The highest BCUT2D eigenvalue weighted by Gasteiger charge is 2.17. The van der Waals surface area contributed by atoms with Crippen LogP contribution in [-0.2, 0) is 6.42 Å². The average molecular weight is 191 g/mol. The van der Waals surface area contributed by atoms with E-state index in [1.165, 1.54) is 11.1 Å². The topological polar surface area (TPSA) is 35.2 Å². The van der Waals surface area contributed by atoms with Crippen molar-refractivity contribution >= 4 is 0 Å². The fourth-order valence-electron chi connectivity index (χ4n) is 1.98. The van der Waals surface area contributed by atoms with Gasteiger partial charge in [-0.15, -0.1) is 0 Å². The van der Waals surface area contributed by atoms with Crippen LogP contribution in [0.2, 0.25) is 0 Å². The molecule has 0 aromatic heterocycles. The third kappa shape index (κ3) is 1.62. The van der Waals surface area contributed by atoms with Crippen LogP contribution in [0.25, 0.3) is 0 Å². The van der Waals surface area contributed by atoms with Gasteiger partial charge in [0.1, 0.15) is 5.75 Å². The van der Waals surface area contributed by atoms with E-state index in [1.54, 1.807) is 0 Å². The molecule has 0 spiro atoms. The zero-order chi connectivity index (χ0) is 9.97. The van der Waals surface area contributed by atoms with Crippen molar-refractivity contribution in [3.63, 3.8) is 0 Å². The van der Waals surface area contributed by atoms with E-state index in [0.717, 1.165) is 31.6 Å². The van der Waals surface area contributed by atoms with Gasteiger partial charge in [-0.05, 0) is 24.8 Å². The first-order valence-electron chi connectivity index (χ1n) is 5.33. The summed E-state index contributed by atoms with van der Waals surface area (Å²) < 4.78 is 5.76. The Morgan fingerprint density at radius 1 is 1.50 bits per heavy atom. The van der Waals surface area contributed by atoms with Crippen molar-refractivity contribution in [1.82, 2.24) is 0 Å². The molecule has 0 bridgehead atoms. The second-order valence-corrected chi connectivity index (χ2v) is 3.79. The number of benzene rings is 1. The molecular weight excluding hydrogens is 174 g/mol. The highest BCUT2D eigenvalue weighted by Crippen LogP contribution is 2.33. The monoisotopic (exact) mass is 191 g/mol. The SMILES string of the molecule is CCc1cccc2c1OCCC[C@H]2N. The zero-order valence-electron chi connectivity index (χ0n) is 8.62. The van der Waals surface area contributed by atoms with Gasteiger partial charge in [0.25, 0.3) is 0 Å². The molecule has 76 valence electrons. The first-order chi connectivity index (χ1) is 6.83. The van der Waals surface area contributed by atoms with Crippen LogP contribution >= 0.6 is 0 Å². The minimum Gasteiger partial charge on any atom is -0.493 e.